The molecule has 1 aromatic carbocycles. The molecule has 1 aliphatic heterocycles. The van der Waals surface area contributed by atoms with Crippen molar-refractivity contribution in [3.05, 3.63) is 35.0 Å². The van der Waals surface area contributed by atoms with E-state index in [1.54, 1.807) is 26.3 Å². The third kappa shape index (κ3) is 11.0. The van der Waals surface area contributed by atoms with Gasteiger partial charge in [0, 0.05) is 31.5 Å². The molecule has 0 unspecified atom stereocenters. The molecule has 2 fully saturated rings. The Morgan fingerprint density at radius 3 is 2.34 bits per heavy atom. The summed E-state index contributed by atoms with van der Waals surface area (Å²) in [7, 11) is 0. The largest absolute Gasteiger partial charge is 0.493 e. The molecule has 0 radical (unpaired) electrons. The van der Waals surface area contributed by atoms with E-state index < -0.39 is 53.0 Å². The number of carboxylic acids is 1. The number of aliphatic carboxylic acids is 1. The number of aromatic nitrogens is 1. The number of β-amino-alcohol motifs (C(OH)–C–C–N with tert-alkyl or cyclic N) is 1. The molecule has 0 spiro atoms. The van der Waals surface area contributed by atoms with Gasteiger partial charge in [-0.1, -0.05) is 71.4 Å². The van der Waals surface area contributed by atoms with Gasteiger partial charge >= 0.3 is 5.97 Å². The minimum absolute atomic E-state index is 0.0463. The number of ether oxygens (including phenoxy) is 1. The first kappa shape index (κ1) is 39.2. The lowest BCUT2D eigenvalue weighted by Crippen LogP contribution is -2.59. The lowest BCUT2D eigenvalue weighted by atomic mass is 9.85. The number of nitrogens with one attached hydrogen (secondary N) is 2. The van der Waals surface area contributed by atoms with Crippen LogP contribution < -0.4 is 15.4 Å². The van der Waals surface area contributed by atoms with Gasteiger partial charge in [0.2, 0.25) is 11.8 Å². The lowest BCUT2D eigenvalue weighted by molar-refractivity contribution is -0.145. The summed E-state index contributed by atoms with van der Waals surface area (Å²) in [5, 5.41) is 24.8. The number of amides is 3. The summed E-state index contributed by atoms with van der Waals surface area (Å²) in [6.45, 7) is 7.82. The molecule has 1 saturated carbocycles. The smallest absolute Gasteiger partial charge is 0.303 e. The Kier molecular flexibility index (Phi) is 13.8. The van der Waals surface area contributed by atoms with Gasteiger partial charge in [0.25, 0.3) is 5.91 Å². The Bertz CT molecular complexity index is 1490. The van der Waals surface area contributed by atoms with Crippen molar-refractivity contribution in [1.29, 1.82) is 0 Å². The molecule has 4 N–H and O–H groups in total. The van der Waals surface area contributed by atoms with Crippen molar-refractivity contribution in [2.75, 3.05) is 13.2 Å². The quantitative estimate of drug-likeness (QED) is 0.135. The van der Waals surface area contributed by atoms with Crippen molar-refractivity contribution >= 4 is 35.0 Å². The van der Waals surface area contributed by atoms with E-state index >= 15 is 0 Å². The van der Waals surface area contributed by atoms with Crippen molar-refractivity contribution in [2.24, 2.45) is 5.41 Å². The first-order chi connectivity index (χ1) is 23.7. The maximum atomic E-state index is 14.5. The molecule has 11 nitrogen and oxygen atoms in total. The van der Waals surface area contributed by atoms with E-state index in [4.69, 9.17) is 9.84 Å². The molecule has 1 aromatic heterocycles. The summed E-state index contributed by atoms with van der Waals surface area (Å²) in [5.41, 5.74) is 1.72. The maximum absolute atomic E-state index is 14.5. The second-order valence-electron chi connectivity index (χ2n) is 14.8. The zero-order chi connectivity index (χ0) is 36.5. The number of carbonyl (C=O) groups excluding carboxylic acids is 3. The fraction of sp³-hybridized carbons (Fsp3) is 0.649. The Morgan fingerprint density at radius 1 is 1.08 bits per heavy atom. The third-order valence-electron chi connectivity index (χ3n) is 9.42. The van der Waals surface area contributed by atoms with Gasteiger partial charge in [0.05, 0.1) is 28.8 Å². The first-order valence-corrected chi connectivity index (χ1v) is 18.7. The van der Waals surface area contributed by atoms with Crippen LogP contribution in [0.4, 0.5) is 4.39 Å². The molecule has 13 heteroatoms. The van der Waals surface area contributed by atoms with Crippen molar-refractivity contribution in [3.8, 4) is 16.2 Å². The summed E-state index contributed by atoms with van der Waals surface area (Å²) in [6.07, 6.45) is 7.43. The molecule has 0 bridgehead atoms. The van der Waals surface area contributed by atoms with Crippen LogP contribution in [0.25, 0.3) is 10.4 Å². The van der Waals surface area contributed by atoms with Crippen molar-refractivity contribution in [3.63, 3.8) is 0 Å². The van der Waals surface area contributed by atoms with Crippen LogP contribution in [0.1, 0.15) is 109 Å². The number of carbonyl (C=O) groups is 4. The highest BCUT2D eigenvalue weighted by Crippen LogP contribution is 2.40. The fourth-order valence-corrected chi connectivity index (χ4v) is 7.00. The van der Waals surface area contributed by atoms with Crippen LogP contribution in [-0.4, -0.2) is 80.8 Å². The summed E-state index contributed by atoms with van der Waals surface area (Å²) < 4.78 is 20.8. The molecule has 2 aromatic rings. The molecule has 2 aliphatic rings. The SMILES string of the molecule is Cc1ncsc1-c1ccc(CNC(=O)[C@@H]2C[C@@H](O)CN2C(=O)[C@@H](NC(=O)C2(F)CC2)C(C)(C)C)c(OCCCCCCCCCCC(=O)O)c1. The number of carboxylic acid groups (broad SMARTS) is 1. The van der Waals surface area contributed by atoms with Gasteiger partial charge in [-0.3, -0.25) is 19.2 Å². The van der Waals surface area contributed by atoms with E-state index in [-0.39, 0.29) is 38.8 Å². The van der Waals surface area contributed by atoms with E-state index in [2.05, 4.69) is 15.6 Å². The van der Waals surface area contributed by atoms with Crippen molar-refractivity contribution < 1.29 is 38.5 Å². The van der Waals surface area contributed by atoms with E-state index in [0.717, 1.165) is 73.1 Å². The Balaban J connectivity index is 1.36. The molecule has 1 saturated heterocycles. The molecule has 1 aliphatic carbocycles. The fourth-order valence-electron chi connectivity index (χ4n) is 6.19. The third-order valence-corrected chi connectivity index (χ3v) is 10.4. The molecular weight excluding hydrogens is 663 g/mol. The highest BCUT2D eigenvalue weighted by Gasteiger charge is 2.53. The van der Waals surface area contributed by atoms with Crippen LogP contribution in [0.5, 0.6) is 5.75 Å². The number of rotatable bonds is 19. The summed E-state index contributed by atoms with van der Waals surface area (Å²) >= 11 is 1.54. The summed E-state index contributed by atoms with van der Waals surface area (Å²) in [4.78, 5) is 57.3. The van der Waals surface area contributed by atoms with E-state index in [0.29, 0.717) is 12.4 Å². The number of halogens is 1. The maximum Gasteiger partial charge on any atom is 0.303 e. The second-order valence-corrected chi connectivity index (χ2v) is 15.6. The van der Waals surface area contributed by atoms with Gasteiger partial charge < -0.3 is 30.5 Å². The number of thiazole rings is 1. The topological polar surface area (TPSA) is 158 Å². The average Bonchev–Trinajstić information content (AvgIpc) is 3.47. The lowest BCUT2D eigenvalue weighted by Gasteiger charge is -2.35. The number of likely N-dealkylation sites (tertiary alicyclic amines) is 1. The second kappa shape index (κ2) is 17.6. The van der Waals surface area contributed by atoms with Gasteiger partial charge in [-0.25, -0.2) is 9.37 Å². The van der Waals surface area contributed by atoms with E-state index in [1.165, 1.54) is 16.2 Å². The highest BCUT2D eigenvalue weighted by atomic mass is 32.1. The minimum Gasteiger partial charge on any atom is -0.493 e. The summed E-state index contributed by atoms with van der Waals surface area (Å²) in [5.74, 6) is -1.88. The van der Waals surface area contributed by atoms with Gasteiger partial charge in [-0.15, -0.1) is 11.3 Å². The number of aliphatic hydroxyl groups excluding tert-OH is 1. The minimum atomic E-state index is -1.95. The normalized spacial score (nSPS) is 18.8. The van der Waals surface area contributed by atoms with Gasteiger partial charge in [0.1, 0.15) is 17.8 Å². The number of aryl methyl sites for hydroxylation is 1. The molecule has 50 heavy (non-hydrogen) atoms. The number of benzene rings is 1. The number of nitrogens with zero attached hydrogens (tertiary/aromatic N) is 2. The Labute approximate surface area is 298 Å². The molecule has 2 heterocycles. The number of hydrogen-bond acceptors (Lipinski definition) is 8. The Hall–Kier alpha value is -3.58. The molecule has 4 rings (SSSR count). The number of alkyl halides is 1. The zero-order valence-corrected chi connectivity index (χ0v) is 30.6. The van der Waals surface area contributed by atoms with Crippen molar-refractivity contribution in [2.45, 2.75) is 135 Å². The molecule has 3 amide bonds. The molecular formula is C37H53FN4O7S. The zero-order valence-electron chi connectivity index (χ0n) is 29.8. The Morgan fingerprint density at radius 2 is 1.74 bits per heavy atom. The standard InChI is InChI=1S/C37H53FN4O7S/c1-24-31(50-23-40-24)25-14-15-26(29(19-25)49-18-12-10-8-6-5-7-9-11-13-30(44)45)21-39-33(46)28-20-27(43)22-42(28)34(47)32(36(2,3)4)41-35(48)37(38)16-17-37/h14-15,19,23,27-28,32,43H,5-13,16-18,20-22H2,1-4H3,(H,39,46)(H,41,48)(H,44,45)/t27-,28+,32-/m1/s1. The van der Waals surface area contributed by atoms with Gasteiger partial charge in [0.15, 0.2) is 5.67 Å². The first-order valence-electron chi connectivity index (χ1n) is 17.8. The van der Waals surface area contributed by atoms with Gasteiger partial charge in [-0.05, 0) is 49.7 Å². The number of unbranched alkanes of at least 4 members (excludes halogenated alkanes) is 7. The molecule has 3 atom stereocenters. The van der Waals surface area contributed by atoms with Crippen LogP contribution in [0.2, 0.25) is 0 Å². The molecule has 276 valence electrons. The summed E-state index contributed by atoms with van der Waals surface area (Å²) in [6, 6.07) is 3.81. The number of aliphatic hydroxyl groups is 1. The monoisotopic (exact) mass is 716 g/mol. The van der Waals surface area contributed by atoms with E-state index in [9.17, 15) is 28.7 Å². The van der Waals surface area contributed by atoms with Crippen LogP contribution >= 0.6 is 11.3 Å². The average molecular weight is 717 g/mol. The van der Waals surface area contributed by atoms with Crippen LogP contribution in [0.3, 0.4) is 0 Å². The van der Waals surface area contributed by atoms with Crippen LogP contribution in [-0.2, 0) is 25.7 Å². The predicted molar refractivity (Wildman–Crippen MR) is 189 cm³/mol. The predicted octanol–water partition coefficient (Wildman–Crippen LogP) is 5.70. The van der Waals surface area contributed by atoms with Gasteiger partial charge in [-0.2, -0.15) is 0 Å². The van der Waals surface area contributed by atoms with E-state index in [1.807, 2.05) is 25.1 Å². The van der Waals surface area contributed by atoms with Crippen LogP contribution in [0, 0.1) is 12.3 Å². The number of hydrogen-bond donors (Lipinski definition) is 4. The van der Waals surface area contributed by atoms with Crippen LogP contribution in [0.15, 0.2) is 23.7 Å². The van der Waals surface area contributed by atoms with Crippen molar-refractivity contribution in [1.82, 2.24) is 20.5 Å². The highest BCUT2D eigenvalue weighted by molar-refractivity contribution is 7.13.